The highest BCUT2D eigenvalue weighted by Gasteiger charge is 2.36. The summed E-state index contributed by atoms with van der Waals surface area (Å²) in [4.78, 5) is 13.1. The zero-order valence-electron chi connectivity index (χ0n) is 17.6. The second-order valence-electron chi connectivity index (χ2n) is 8.50. The van der Waals surface area contributed by atoms with Gasteiger partial charge in [0.05, 0.1) is 0 Å². The number of amides is 1. The topological polar surface area (TPSA) is 49.3 Å². The van der Waals surface area contributed by atoms with Crippen molar-refractivity contribution in [2.45, 2.75) is 43.4 Å². The molecular formula is C27H28BrNO2. The maximum absolute atomic E-state index is 13.1. The molecule has 31 heavy (non-hydrogen) atoms. The number of benzene rings is 3. The fourth-order valence-electron chi connectivity index (χ4n) is 4.83. The van der Waals surface area contributed by atoms with Crippen LogP contribution in [0.3, 0.4) is 0 Å². The molecule has 0 heterocycles. The van der Waals surface area contributed by atoms with Crippen LogP contribution in [0, 0.1) is 0 Å². The molecule has 0 aromatic heterocycles. The molecule has 2 N–H and O–H groups in total. The zero-order chi connectivity index (χ0) is 21.7. The number of halogens is 1. The van der Waals surface area contributed by atoms with Gasteiger partial charge in [-0.05, 0) is 42.2 Å². The Bertz CT molecular complexity index is 1010. The smallest absolute Gasteiger partial charge is 0.220 e. The van der Waals surface area contributed by atoms with Crippen LogP contribution in [0.2, 0.25) is 0 Å². The Morgan fingerprint density at radius 1 is 0.968 bits per heavy atom. The van der Waals surface area contributed by atoms with Gasteiger partial charge in [0.1, 0.15) is 5.75 Å². The van der Waals surface area contributed by atoms with E-state index in [1.54, 1.807) is 6.07 Å². The SMILES string of the molecule is O=C(CC(c1ccccc1)c1cc(Br)ccc1O)NCC1(c2ccccc2)CCCC1. The van der Waals surface area contributed by atoms with Crippen molar-refractivity contribution >= 4 is 21.8 Å². The Hall–Kier alpha value is -2.59. The quantitative estimate of drug-likeness (QED) is 0.419. The van der Waals surface area contributed by atoms with Crippen LogP contribution < -0.4 is 5.32 Å². The van der Waals surface area contributed by atoms with Crippen molar-refractivity contribution in [2.24, 2.45) is 0 Å². The van der Waals surface area contributed by atoms with Gasteiger partial charge in [-0.2, -0.15) is 0 Å². The number of nitrogens with one attached hydrogen (secondary N) is 1. The van der Waals surface area contributed by atoms with Crippen molar-refractivity contribution in [2.75, 3.05) is 6.54 Å². The Labute approximate surface area is 192 Å². The summed E-state index contributed by atoms with van der Waals surface area (Å²) < 4.78 is 0.885. The molecule has 1 saturated carbocycles. The van der Waals surface area contributed by atoms with Crippen LogP contribution in [0.5, 0.6) is 5.75 Å². The molecule has 0 bridgehead atoms. The lowest BCUT2D eigenvalue weighted by molar-refractivity contribution is -0.121. The lowest BCUT2D eigenvalue weighted by Gasteiger charge is -2.30. The summed E-state index contributed by atoms with van der Waals surface area (Å²) in [6.45, 7) is 0.655. The molecule has 4 rings (SSSR count). The molecule has 3 aromatic rings. The van der Waals surface area contributed by atoms with Gasteiger partial charge in [0.15, 0.2) is 0 Å². The number of carbonyl (C=O) groups excluding carboxylic acids is 1. The van der Waals surface area contributed by atoms with E-state index in [9.17, 15) is 9.90 Å². The molecule has 1 unspecified atom stereocenters. The van der Waals surface area contributed by atoms with Gasteiger partial charge in [-0.1, -0.05) is 89.4 Å². The third-order valence-corrected chi connectivity index (χ3v) is 7.02. The third kappa shape index (κ3) is 5.01. The predicted octanol–water partition coefficient (Wildman–Crippen LogP) is 6.30. The van der Waals surface area contributed by atoms with Gasteiger partial charge in [0, 0.05) is 34.3 Å². The number of carbonyl (C=O) groups is 1. The van der Waals surface area contributed by atoms with E-state index in [2.05, 4.69) is 45.5 Å². The zero-order valence-corrected chi connectivity index (χ0v) is 19.1. The fourth-order valence-corrected chi connectivity index (χ4v) is 5.21. The van der Waals surface area contributed by atoms with E-state index < -0.39 is 0 Å². The van der Waals surface area contributed by atoms with E-state index in [4.69, 9.17) is 0 Å². The van der Waals surface area contributed by atoms with Gasteiger partial charge in [-0.25, -0.2) is 0 Å². The van der Waals surface area contributed by atoms with Gasteiger partial charge in [-0.15, -0.1) is 0 Å². The maximum Gasteiger partial charge on any atom is 0.220 e. The molecule has 160 valence electrons. The largest absolute Gasteiger partial charge is 0.508 e. The molecule has 0 radical (unpaired) electrons. The third-order valence-electron chi connectivity index (χ3n) is 6.53. The van der Waals surface area contributed by atoms with Crippen molar-refractivity contribution in [3.8, 4) is 5.75 Å². The lowest BCUT2D eigenvalue weighted by atomic mass is 9.78. The molecule has 1 atom stereocenters. The summed E-state index contributed by atoms with van der Waals surface area (Å²) in [5.74, 6) is 0.00629. The molecule has 0 saturated heterocycles. The summed E-state index contributed by atoms with van der Waals surface area (Å²) >= 11 is 3.50. The first-order valence-electron chi connectivity index (χ1n) is 10.9. The van der Waals surface area contributed by atoms with Crippen LogP contribution in [-0.4, -0.2) is 17.6 Å². The number of rotatable bonds is 7. The van der Waals surface area contributed by atoms with Crippen molar-refractivity contribution in [3.05, 3.63) is 100 Å². The average Bonchev–Trinajstić information content (AvgIpc) is 3.29. The number of hydrogen-bond donors (Lipinski definition) is 2. The van der Waals surface area contributed by atoms with E-state index in [-0.39, 0.29) is 23.0 Å². The second-order valence-corrected chi connectivity index (χ2v) is 9.42. The van der Waals surface area contributed by atoms with Gasteiger partial charge >= 0.3 is 0 Å². The highest BCUT2D eigenvalue weighted by atomic mass is 79.9. The van der Waals surface area contributed by atoms with Crippen LogP contribution in [0.1, 0.15) is 54.7 Å². The Morgan fingerprint density at radius 3 is 2.29 bits per heavy atom. The standard InChI is InChI=1S/C27H28BrNO2/c28-22-13-14-25(30)24(17-22)23(20-9-3-1-4-10-20)18-26(31)29-19-27(15-7-8-16-27)21-11-5-2-6-12-21/h1-6,9-14,17,23,30H,7-8,15-16,18-19H2,(H,29,31). The minimum absolute atomic E-state index is 0.00966. The Balaban J connectivity index is 1.53. The van der Waals surface area contributed by atoms with Gasteiger partial charge < -0.3 is 10.4 Å². The first kappa shape index (κ1) is 21.6. The summed E-state index contributed by atoms with van der Waals surface area (Å²) in [6.07, 6.45) is 4.89. The molecule has 1 aliphatic rings. The minimum Gasteiger partial charge on any atom is -0.508 e. The summed E-state index contributed by atoms with van der Waals surface area (Å²) in [6, 6.07) is 25.9. The normalized spacial score (nSPS) is 16.0. The van der Waals surface area contributed by atoms with Crippen LogP contribution in [0.15, 0.2) is 83.3 Å². The number of aromatic hydroxyl groups is 1. The number of phenolic OH excluding ortho intramolecular Hbond substituents is 1. The van der Waals surface area contributed by atoms with Crippen LogP contribution >= 0.6 is 15.9 Å². The lowest BCUT2D eigenvalue weighted by Crippen LogP contribution is -2.39. The van der Waals surface area contributed by atoms with E-state index in [1.165, 1.54) is 18.4 Å². The monoisotopic (exact) mass is 477 g/mol. The van der Waals surface area contributed by atoms with Gasteiger partial charge in [0.25, 0.3) is 0 Å². The minimum atomic E-state index is -0.213. The number of phenols is 1. The summed E-state index contributed by atoms with van der Waals surface area (Å²) in [5, 5.41) is 13.8. The Morgan fingerprint density at radius 2 is 1.61 bits per heavy atom. The number of hydrogen-bond acceptors (Lipinski definition) is 2. The summed E-state index contributed by atoms with van der Waals surface area (Å²) in [7, 11) is 0. The van der Waals surface area contributed by atoms with Crippen LogP contribution in [-0.2, 0) is 10.2 Å². The molecular weight excluding hydrogens is 450 g/mol. The first-order chi connectivity index (χ1) is 15.1. The molecule has 1 fully saturated rings. The highest BCUT2D eigenvalue weighted by molar-refractivity contribution is 9.10. The van der Waals surface area contributed by atoms with Crippen molar-refractivity contribution < 1.29 is 9.90 Å². The summed E-state index contributed by atoms with van der Waals surface area (Å²) in [5.41, 5.74) is 3.12. The van der Waals surface area contributed by atoms with Crippen LogP contribution in [0.4, 0.5) is 0 Å². The Kier molecular flexibility index (Phi) is 6.77. The molecule has 0 aliphatic heterocycles. The van der Waals surface area contributed by atoms with Crippen LogP contribution in [0.25, 0.3) is 0 Å². The van der Waals surface area contributed by atoms with Crippen molar-refractivity contribution in [1.82, 2.24) is 5.32 Å². The van der Waals surface area contributed by atoms with Gasteiger partial charge in [0.2, 0.25) is 5.91 Å². The highest BCUT2D eigenvalue weighted by Crippen LogP contribution is 2.41. The van der Waals surface area contributed by atoms with E-state index in [0.717, 1.165) is 28.4 Å². The molecule has 3 aromatic carbocycles. The molecule has 4 heteroatoms. The second kappa shape index (κ2) is 9.69. The van der Waals surface area contributed by atoms with E-state index in [0.29, 0.717) is 13.0 Å². The van der Waals surface area contributed by atoms with E-state index >= 15 is 0 Å². The van der Waals surface area contributed by atoms with Gasteiger partial charge in [-0.3, -0.25) is 4.79 Å². The molecule has 0 spiro atoms. The van der Waals surface area contributed by atoms with Crippen molar-refractivity contribution in [1.29, 1.82) is 0 Å². The van der Waals surface area contributed by atoms with Crippen molar-refractivity contribution in [3.63, 3.8) is 0 Å². The van der Waals surface area contributed by atoms with E-state index in [1.807, 2.05) is 48.5 Å². The fraction of sp³-hybridized carbons (Fsp3) is 0.296. The maximum atomic E-state index is 13.1. The molecule has 3 nitrogen and oxygen atoms in total. The molecule has 1 aliphatic carbocycles. The first-order valence-corrected chi connectivity index (χ1v) is 11.7. The average molecular weight is 478 g/mol. The predicted molar refractivity (Wildman–Crippen MR) is 128 cm³/mol. The molecule has 1 amide bonds.